The van der Waals surface area contributed by atoms with Gasteiger partial charge in [0.25, 0.3) is 0 Å². The topological polar surface area (TPSA) is 34.1 Å². The Morgan fingerprint density at radius 1 is 0.882 bits per heavy atom. The van der Waals surface area contributed by atoms with Gasteiger partial charge in [0.2, 0.25) is 0 Å². The normalized spacial score (nSPS) is 13.2. The number of rotatable bonds is 0. The highest BCUT2D eigenvalue weighted by atomic mass is 35.5. The Kier molecular flexibility index (Phi) is 2.13. The summed E-state index contributed by atoms with van der Waals surface area (Å²) in [6.07, 6.45) is 0. The lowest BCUT2D eigenvalue weighted by atomic mass is 9.84. The lowest BCUT2D eigenvalue weighted by Gasteiger charge is -2.17. The van der Waals surface area contributed by atoms with Crippen LogP contribution in [0.1, 0.15) is 31.8 Å². The molecule has 3 heteroatoms. The van der Waals surface area contributed by atoms with Gasteiger partial charge in [-0.25, -0.2) is 0 Å². The van der Waals surface area contributed by atoms with E-state index >= 15 is 0 Å². The number of hydrogen-bond acceptors (Lipinski definition) is 2. The second-order valence-corrected chi connectivity index (χ2v) is 4.16. The van der Waals surface area contributed by atoms with E-state index in [1.807, 2.05) is 0 Å². The molecular formula is C14H6ClO2. The van der Waals surface area contributed by atoms with Crippen LogP contribution in [-0.4, -0.2) is 11.6 Å². The molecule has 3 rings (SSSR count). The van der Waals surface area contributed by atoms with E-state index in [0.717, 1.165) is 0 Å². The van der Waals surface area contributed by atoms with Crippen LogP contribution < -0.4 is 0 Å². The Balaban J connectivity index is 2.37. The average molecular weight is 242 g/mol. The molecule has 0 N–H and O–H groups in total. The molecule has 0 aromatic heterocycles. The van der Waals surface area contributed by atoms with Gasteiger partial charge in [-0.1, -0.05) is 41.9 Å². The van der Waals surface area contributed by atoms with Crippen molar-refractivity contribution in [2.24, 2.45) is 0 Å². The van der Waals surface area contributed by atoms with Crippen molar-refractivity contribution in [1.82, 2.24) is 0 Å². The predicted octanol–water partition coefficient (Wildman–Crippen LogP) is 2.92. The summed E-state index contributed by atoms with van der Waals surface area (Å²) >= 11 is 5.94. The van der Waals surface area contributed by atoms with Crippen LogP contribution in [0.15, 0.2) is 36.4 Å². The second kappa shape index (κ2) is 3.54. The molecular weight excluding hydrogens is 236 g/mol. The third-order valence-corrected chi connectivity index (χ3v) is 3.13. The monoisotopic (exact) mass is 241 g/mol. The van der Waals surface area contributed by atoms with E-state index in [1.54, 1.807) is 36.4 Å². The minimum atomic E-state index is -0.211. The Morgan fingerprint density at radius 3 is 2.24 bits per heavy atom. The third kappa shape index (κ3) is 1.34. The average Bonchev–Trinajstić information content (AvgIpc) is 2.36. The van der Waals surface area contributed by atoms with Gasteiger partial charge in [0.1, 0.15) is 0 Å². The highest BCUT2D eigenvalue weighted by Crippen LogP contribution is 2.31. The maximum atomic E-state index is 12.2. The number of fused-ring (bicyclic) bond motifs is 2. The molecule has 0 amide bonds. The fraction of sp³-hybridized carbons (Fsp3) is 0. The van der Waals surface area contributed by atoms with Crippen LogP contribution in [0.2, 0.25) is 5.02 Å². The Hall–Kier alpha value is -1.93. The van der Waals surface area contributed by atoms with Gasteiger partial charge in [0, 0.05) is 22.8 Å². The van der Waals surface area contributed by atoms with E-state index in [9.17, 15) is 9.59 Å². The fourth-order valence-electron chi connectivity index (χ4n) is 2.04. The van der Waals surface area contributed by atoms with Crippen molar-refractivity contribution >= 4 is 23.2 Å². The van der Waals surface area contributed by atoms with Gasteiger partial charge in [-0.2, -0.15) is 0 Å². The molecule has 0 spiro atoms. The van der Waals surface area contributed by atoms with E-state index < -0.39 is 0 Å². The molecule has 0 fully saturated rings. The number of hydrogen-bond donors (Lipinski definition) is 0. The van der Waals surface area contributed by atoms with Crippen molar-refractivity contribution in [2.45, 2.75) is 0 Å². The summed E-state index contributed by atoms with van der Waals surface area (Å²) in [5.74, 6) is -0.372. The van der Waals surface area contributed by atoms with Crippen LogP contribution in [0.4, 0.5) is 0 Å². The zero-order valence-electron chi connectivity index (χ0n) is 8.66. The second-order valence-electron chi connectivity index (χ2n) is 3.78. The minimum absolute atomic E-state index is 0.161. The molecule has 81 valence electrons. The first-order valence-corrected chi connectivity index (χ1v) is 5.46. The molecule has 1 aliphatic carbocycles. The maximum Gasteiger partial charge on any atom is 0.196 e. The van der Waals surface area contributed by atoms with Crippen LogP contribution in [0.3, 0.4) is 0 Å². The Labute approximate surface area is 103 Å². The van der Waals surface area contributed by atoms with Crippen molar-refractivity contribution in [1.29, 1.82) is 0 Å². The first-order chi connectivity index (χ1) is 8.20. The number of carbonyl (C=O) groups is 2. The SMILES string of the molecule is O=C1c2ccccc2C(=O)c2c(Cl)[c]ccc21. The first-order valence-electron chi connectivity index (χ1n) is 5.09. The molecule has 0 atom stereocenters. The molecule has 0 saturated heterocycles. The number of carbonyl (C=O) groups excluding carboxylic acids is 2. The van der Waals surface area contributed by atoms with Gasteiger partial charge in [0.15, 0.2) is 11.6 Å². The summed E-state index contributed by atoms with van der Waals surface area (Å²) < 4.78 is 0. The first kappa shape index (κ1) is 10.2. The van der Waals surface area contributed by atoms with Crippen molar-refractivity contribution < 1.29 is 9.59 Å². The molecule has 0 saturated carbocycles. The molecule has 2 aromatic carbocycles. The van der Waals surface area contributed by atoms with Gasteiger partial charge in [0.05, 0.1) is 10.6 Å². The highest BCUT2D eigenvalue weighted by Gasteiger charge is 2.30. The van der Waals surface area contributed by atoms with Crippen LogP contribution in [0.5, 0.6) is 0 Å². The fourth-order valence-corrected chi connectivity index (χ4v) is 2.29. The van der Waals surface area contributed by atoms with Crippen molar-refractivity contribution in [3.8, 4) is 0 Å². The summed E-state index contributed by atoms with van der Waals surface area (Å²) in [4.78, 5) is 24.4. The van der Waals surface area contributed by atoms with Crippen molar-refractivity contribution in [3.63, 3.8) is 0 Å². The number of halogens is 1. The number of benzene rings is 2. The van der Waals surface area contributed by atoms with Crippen LogP contribution in [0.25, 0.3) is 0 Å². The van der Waals surface area contributed by atoms with E-state index in [4.69, 9.17) is 11.6 Å². The zero-order chi connectivity index (χ0) is 12.0. The van der Waals surface area contributed by atoms with Crippen molar-refractivity contribution in [3.05, 3.63) is 69.7 Å². The van der Waals surface area contributed by atoms with Crippen LogP contribution in [0, 0.1) is 6.07 Å². The largest absolute Gasteiger partial charge is 0.289 e. The van der Waals surface area contributed by atoms with E-state index in [2.05, 4.69) is 6.07 Å². The predicted molar refractivity (Wildman–Crippen MR) is 63.6 cm³/mol. The van der Waals surface area contributed by atoms with Gasteiger partial charge in [-0.05, 0) is 6.07 Å². The minimum Gasteiger partial charge on any atom is -0.289 e. The quantitative estimate of drug-likeness (QED) is 0.606. The van der Waals surface area contributed by atoms with Gasteiger partial charge < -0.3 is 0 Å². The molecule has 2 nitrogen and oxygen atoms in total. The summed E-state index contributed by atoms with van der Waals surface area (Å²) in [6.45, 7) is 0. The number of ketones is 2. The van der Waals surface area contributed by atoms with Gasteiger partial charge >= 0.3 is 0 Å². The zero-order valence-corrected chi connectivity index (χ0v) is 9.41. The molecule has 17 heavy (non-hydrogen) atoms. The Bertz CT molecular complexity index is 659. The molecule has 0 aliphatic heterocycles. The van der Waals surface area contributed by atoms with Gasteiger partial charge in [-0.3, -0.25) is 9.59 Å². The summed E-state index contributed by atoms with van der Waals surface area (Å²) in [6, 6.07) is 12.6. The lowest BCUT2D eigenvalue weighted by molar-refractivity contribution is 0.0979. The van der Waals surface area contributed by atoms with E-state index in [-0.39, 0.29) is 22.2 Å². The molecule has 1 aliphatic rings. The van der Waals surface area contributed by atoms with Gasteiger partial charge in [-0.15, -0.1) is 0 Å². The standard InChI is InChI=1S/C14H6ClO2/c15-11-7-3-6-10-12(11)14(17)9-5-2-1-4-8(9)13(10)16/h1-6H. The van der Waals surface area contributed by atoms with Crippen LogP contribution in [-0.2, 0) is 0 Å². The maximum absolute atomic E-state index is 12.2. The molecule has 0 bridgehead atoms. The summed E-state index contributed by atoms with van der Waals surface area (Å²) in [7, 11) is 0. The molecule has 0 heterocycles. The van der Waals surface area contributed by atoms with Crippen molar-refractivity contribution in [2.75, 3.05) is 0 Å². The van der Waals surface area contributed by atoms with Crippen LogP contribution >= 0.6 is 11.6 Å². The molecule has 2 aromatic rings. The van der Waals surface area contributed by atoms with E-state index in [0.29, 0.717) is 16.7 Å². The summed E-state index contributed by atoms with van der Waals surface area (Å²) in [5, 5.41) is 0.204. The summed E-state index contributed by atoms with van der Waals surface area (Å²) in [5.41, 5.74) is 1.47. The Morgan fingerprint density at radius 2 is 1.53 bits per heavy atom. The molecule has 0 unspecified atom stereocenters. The smallest absolute Gasteiger partial charge is 0.196 e. The lowest BCUT2D eigenvalue weighted by Crippen LogP contribution is -2.21. The molecule has 1 radical (unpaired) electrons. The third-order valence-electron chi connectivity index (χ3n) is 2.84. The van der Waals surface area contributed by atoms with E-state index in [1.165, 1.54) is 0 Å². The highest BCUT2D eigenvalue weighted by molar-refractivity contribution is 6.38.